The maximum atomic E-state index is 13.2. The average Bonchev–Trinajstić information content (AvgIpc) is 2.74. The highest BCUT2D eigenvalue weighted by Crippen LogP contribution is 2.37. The Labute approximate surface area is 174 Å². The molecule has 156 valence electrons. The van der Waals surface area contributed by atoms with E-state index in [2.05, 4.69) is 41.1 Å². The van der Waals surface area contributed by atoms with Crippen LogP contribution in [0.5, 0.6) is 0 Å². The third-order valence-corrected chi connectivity index (χ3v) is 6.82. The number of benzene rings is 2. The third-order valence-electron chi connectivity index (χ3n) is 6.82. The molecule has 0 aromatic heterocycles. The molecule has 2 aromatic rings. The highest BCUT2D eigenvalue weighted by molar-refractivity contribution is 5.63. The number of rotatable bonds is 5. The molecule has 0 amide bonds. The van der Waals surface area contributed by atoms with Crippen LogP contribution in [0.3, 0.4) is 0 Å². The second-order valence-electron chi connectivity index (χ2n) is 8.92. The van der Waals surface area contributed by atoms with E-state index in [1.165, 1.54) is 24.1 Å². The lowest BCUT2D eigenvalue weighted by molar-refractivity contribution is 0.0773. The zero-order valence-electron chi connectivity index (χ0n) is 17.4. The molecule has 1 N–H and O–H groups in total. The molecule has 0 bridgehead atoms. The fourth-order valence-electron chi connectivity index (χ4n) is 4.97. The van der Waals surface area contributed by atoms with E-state index in [0.29, 0.717) is 11.8 Å². The van der Waals surface area contributed by atoms with Gasteiger partial charge in [0.05, 0.1) is 6.10 Å². The molecular formula is C25H33FN2O. The largest absolute Gasteiger partial charge is 0.393 e. The van der Waals surface area contributed by atoms with Gasteiger partial charge in [-0.2, -0.15) is 0 Å². The standard InChI is InChI=1S/C25H33FN2O/c1-27-13-15-28(16-14-27)18-25(22-3-2-4-24(29)17-22)21-7-5-19(6-8-21)20-9-11-23(26)12-10-20/h5-12,22,24-25,29H,2-4,13-18H2,1H3. The molecule has 29 heavy (non-hydrogen) atoms. The molecule has 1 aliphatic carbocycles. The van der Waals surface area contributed by atoms with E-state index < -0.39 is 0 Å². The Morgan fingerprint density at radius 3 is 2.17 bits per heavy atom. The van der Waals surface area contributed by atoms with Crippen molar-refractivity contribution < 1.29 is 9.50 Å². The molecule has 1 heterocycles. The number of piperazine rings is 1. The van der Waals surface area contributed by atoms with Crippen LogP contribution < -0.4 is 0 Å². The van der Waals surface area contributed by atoms with E-state index in [0.717, 1.165) is 63.1 Å². The topological polar surface area (TPSA) is 26.7 Å². The van der Waals surface area contributed by atoms with Gasteiger partial charge in [0.1, 0.15) is 5.82 Å². The average molecular weight is 397 g/mol. The highest BCUT2D eigenvalue weighted by Gasteiger charge is 2.30. The van der Waals surface area contributed by atoms with E-state index >= 15 is 0 Å². The predicted molar refractivity (Wildman–Crippen MR) is 116 cm³/mol. The number of nitrogens with zero attached hydrogens (tertiary/aromatic N) is 2. The minimum absolute atomic E-state index is 0.151. The van der Waals surface area contributed by atoms with Gasteiger partial charge in [0.15, 0.2) is 0 Å². The molecule has 2 fully saturated rings. The minimum Gasteiger partial charge on any atom is -0.393 e. The van der Waals surface area contributed by atoms with Gasteiger partial charge < -0.3 is 14.9 Å². The summed E-state index contributed by atoms with van der Waals surface area (Å²) in [6.07, 6.45) is 4.04. The minimum atomic E-state index is -0.200. The maximum Gasteiger partial charge on any atom is 0.123 e. The van der Waals surface area contributed by atoms with Crippen LogP contribution in [0.25, 0.3) is 11.1 Å². The van der Waals surface area contributed by atoms with Crippen LogP contribution >= 0.6 is 0 Å². The van der Waals surface area contributed by atoms with Crippen LogP contribution in [0.4, 0.5) is 4.39 Å². The molecular weight excluding hydrogens is 363 g/mol. The molecule has 1 saturated carbocycles. The summed E-state index contributed by atoms with van der Waals surface area (Å²) in [5.74, 6) is 0.791. The van der Waals surface area contributed by atoms with Crippen molar-refractivity contribution in [2.24, 2.45) is 5.92 Å². The highest BCUT2D eigenvalue weighted by atomic mass is 19.1. The summed E-state index contributed by atoms with van der Waals surface area (Å²) in [7, 11) is 2.19. The van der Waals surface area contributed by atoms with Crippen LogP contribution in [0.15, 0.2) is 48.5 Å². The Morgan fingerprint density at radius 1 is 0.931 bits per heavy atom. The molecule has 4 heteroatoms. The SMILES string of the molecule is CN1CCN(CC(c2ccc(-c3ccc(F)cc3)cc2)C2CCCC(O)C2)CC1. The number of halogens is 1. The van der Waals surface area contributed by atoms with Crippen LogP contribution in [0.1, 0.15) is 37.2 Å². The van der Waals surface area contributed by atoms with Gasteiger partial charge in [0, 0.05) is 32.7 Å². The fraction of sp³-hybridized carbons (Fsp3) is 0.520. The first-order valence-corrected chi connectivity index (χ1v) is 11.0. The lowest BCUT2D eigenvalue weighted by Crippen LogP contribution is -2.46. The Hall–Kier alpha value is -1.75. The summed E-state index contributed by atoms with van der Waals surface area (Å²) in [6.45, 7) is 5.57. The molecule has 4 rings (SSSR count). The van der Waals surface area contributed by atoms with Gasteiger partial charge in [0.25, 0.3) is 0 Å². The molecule has 3 atom stereocenters. The van der Waals surface area contributed by atoms with Gasteiger partial charge in [-0.15, -0.1) is 0 Å². The maximum absolute atomic E-state index is 13.2. The molecule has 2 aromatic carbocycles. The number of hydrogen-bond donors (Lipinski definition) is 1. The number of likely N-dealkylation sites (N-methyl/N-ethyl adjacent to an activating group) is 1. The molecule has 0 spiro atoms. The van der Waals surface area contributed by atoms with Crippen molar-refractivity contribution >= 4 is 0 Å². The Morgan fingerprint density at radius 2 is 1.55 bits per heavy atom. The summed E-state index contributed by atoms with van der Waals surface area (Å²) in [5.41, 5.74) is 3.53. The van der Waals surface area contributed by atoms with E-state index in [4.69, 9.17) is 0 Å². The van der Waals surface area contributed by atoms with Crippen molar-refractivity contribution in [3.63, 3.8) is 0 Å². The van der Waals surface area contributed by atoms with Crippen LogP contribution in [-0.2, 0) is 0 Å². The van der Waals surface area contributed by atoms with E-state index in [-0.39, 0.29) is 11.9 Å². The molecule has 3 unspecified atom stereocenters. The third kappa shape index (κ3) is 5.25. The van der Waals surface area contributed by atoms with Gasteiger partial charge in [-0.3, -0.25) is 0 Å². The lowest BCUT2D eigenvalue weighted by Gasteiger charge is -2.39. The van der Waals surface area contributed by atoms with Crippen LogP contribution in [-0.4, -0.2) is 60.8 Å². The number of hydrogen-bond acceptors (Lipinski definition) is 3. The van der Waals surface area contributed by atoms with Crippen LogP contribution in [0, 0.1) is 11.7 Å². The van der Waals surface area contributed by atoms with E-state index in [1.807, 2.05) is 12.1 Å². The van der Waals surface area contributed by atoms with Crippen molar-refractivity contribution in [2.75, 3.05) is 39.8 Å². The number of aliphatic hydroxyl groups excluding tert-OH is 1. The molecule has 1 saturated heterocycles. The number of aliphatic hydroxyl groups is 1. The zero-order chi connectivity index (χ0) is 20.2. The smallest absolute Gasteiger partial charge is 0.123 e. The summed E-state index contributed by atoms with van der Waals surface area (Å²) in [6, 6.07) is 15.5. The fourth-order valence-corrected chi connectivity index (χ4v) is 4.97. The summed E-state index contributed by atoms with van der Waals surface area (Å²) in [5, 5.41) is 10.3. The van der Waals surface area contributed by atoms with Crippen molar-refractivity contribution in [1.82, 2.24) is 9.80 Å². The Bertz CT molecular complexity index is 768. The normalized spacial score (nSPS) is 25.1. The van der Waals surface area contributed by atoms with Gasteiger partial charge in [-0.25, -0.2) is 4.39 Å². The first-order chi connectivity index (χ1) is 14.1. The van der Waals surface area contributed by atoms with Crippen molar-refractivity contribution in [2.45, 2.75) is 37.7 Å². The van der Waals surface area contributed by atoms with Gasteiger partial charge in [-0.05, 0) is 67.0 Å². The Balaban J connectivity index is 1.53. The molecule has 0 radical (unpaired) electrons. The van der Waals surface area contributed by atoms with E-state index in [9.17, 15) is 9.50 Å². The summed E-state index contributed by atoms with van der Waals surface area (Å²) >= 11 is 0. The zero-order valence-corrected chi connectivity index (χ0v) is 17.4. The van der Waals surface area contributed by atoms with Crippen LogP contribution in [0.2, 0.25) is 0 Å². The predicted octanol–water partition coefficient (Wildman–Crippen LogP) is 4.37. The lowest BCUT2D eigenvalue weighted by atomic mass is 9.75. The second kappa shape index (κ2) is 9.38. The Kier molecular flexibility index (Phi) is 6.63. The van der Waals surface area contributed by atoms with Crippen molar-refractivity contribution in [3.05, 3.63) is 59.9 Å². The second-order valence-corrected chi connectivity index (χ2v) is 8.92. The van der Waals surface area contributed by atoms with Gasteiger partial charge in [-0.1, -0.05) is 42.8 Å². The summed E-state index contributed by atoms with van der Waals surface area (Å²) < 4.78 is 13.2. The molecule has 3 nitrogen and oxygen atoms in total. The quantitative estimate of drug-likeness (QED) is 0.813. The van der Waals surface area contributed by atoms with Gasteiger partial charge >= 0.3 is 0 Å². The molecule has 1 aliphatic heterocycles. The van der Waals surface area contributed by atoms with E-state index in [1.54, 1.807) is 0 Å². The van der Waals surface area contributed by atoms with Gasteiger partial charge in [0.2, 0.25) is 0 Å². The van der Waals surface area contributed by atoms with Crippen molar-refractivity contribution in [3.8, 4) is 11.1 Å². The first-order valence-electron chi connectivity index (χ1n) is 11.0. The molecule has 2 aliphatic rings. The first kappa shape index (κ1) is 20.5. The summed E-state index contributed by atoms with van der Waals surface area (Å²) in [4.78, 5) is 4.99. The van der Waals surface area contributed by atoms with Crippen molar-refractivity contribution in [1.29, 1.82) is 0 Å². The monoisotopic (exact) mass is 396 g/mol.